The maximum Gasteiger partial charge on any atom is 0.412 e. The summed E-state index contributed by atoms with van der Waals surface area (Å²) in [6.45, 7) is 7.93. The summed E-state index contributed by atoms with van der Waals surface area (Å²) in [5, 5.41) is 3.51. The van der Waals surface area contributed by atoms with Crippen molar-refractivity contribution in [1.82, 2.24) is 14.5 Å². The lowest BCUT2D eigenvalue weighted by molar-refractivity contribution is -0.0954. The van der Waals surface area contributed by atoms with Crippen LogP contribution < -0.4 is 11.1 Å². The predicted octanol–water partition coefficient (Wildman–Crippen LogP) is 6.39. The number of nitrogens with two attached hydrogens (primary N) is 1. The van der Waals surface area contributed by atoms with E-state index in [1.54, 1.807) is 19.2 Å². The van der Waals surface area contributed by atoms with E-state index in [9.17, 15) is 13.2 Å². The Bertz CT molecular complexity index is 1230. The van der Waals surface area contributed by atoms with Gasteiger partial charge in [0.15, 0.2) is 0 Å². The highest BCUT2D eigenvalue weighted by molar-refractivity contribution is 5.68. The number of nitrogens with zero attached hydrogens (tertiary/aromatic N) is 3. The topological polar surface area (TPSA) is 68.8 Å². The Balaban J connectivity index is 1.73. The van der Waals surface area contributed by atoms with Crippen molar-refractivity contribution in [3.05, 3.63) is 78.0 Å². The molecular weight excluding hydrogens is 463 g/mol. The van der Waals surface area contributed by atoms with E-state index in [4.69, 9.17) is 10.7 Å². The van der Waals surface area contributed by atoms with Gasteiger partial charge in [0.2, 0.25) is 0 Å². The Hall–Kier alpha value is -3.13. The molecular formula is C28H34F3N5. The maximum absolute atomic E-state index is 13.6. The SMILES string of the molecule is CC1C=CC=CC1[C@H](C)Nc1cc(-c2c(C3(C)C=CC=C(C(F)(F)F)C3)nc([C@@H](C)N)n2C)ccn1. The summed E-state index contributed by atoms with van der Waals surface area (Å²) >= 11 is 0. The molecule has 2 aromatic heterocycles. The molecule has 0 saturated carbocycles. The number of nitrogens with one attached hydrogen (secondary N) is 1. The number of halogens is 3. The summed E-state index contributed by atoms with van der Waals surface area (Å²) in [7, 11) is 1.86. The molecule has 2 heterocycles. The number of rotatable bonds is 6. The molecule has 36 heavy (non-hydrogen) atoms. The molecule has 0 spiro atoms. The van der Waals surface area contributed by atoms with Gasteiger partial charge in [-0.05, 0) is 38.3 Å². The fourth-order valence-corrected chi connectivity index (χ4v) is 5.24. The summed E-state index contributed by atoms with van der Waals surface area (Å²) < 4.78 is 42.7. The Morgan fingerprint density at radius 3 is 2.58 bits per heavy atom. The van der Waals surface area contributed by atoms with Crippen molar-refractivity contribution in [2.45, 2.75) is 57.8 Å². The van der Waals surface area contributed by atoms with E-state index < -0.39 is 17.2 Å². The first-order valence-corrected chi connectivity index (χ1v) is 12.3. The summed E-state index contributed by atoms with van der Waals surface area (Å²) in [5.74, 6) is 2.03. The van der Waals surface area contributed by atoms with Crippen LogP contribution in [0.4, 0.5) is 19.0 Å². The third-order valence-electron chi connectivity index (χ3n) is 7.21. The van der Waals surface area contributed by atoms with E-state index >= 15 is 0 Å². The van der Waals surface area contributed by atoms with Crippen molar-refractivity contribution in [2.24, 2.45) is 24.6 Å². The molecule has 192 valence electrons. The Kier molecular flexibility index (Phi) is 7.01. The van der Waals surface area contributed by atoms with E-state index in [2.05, 4.69) is 48.5 Å². The molecule has 3 N–H and O–H groups in total. The lowest BCUT2D eigenvalue weighted by atomic mass is 9.76. The van der Waals surface area contributed by atoms with Gasteiger partial charge in [-0.3, -0.25) is 0 Å². The van der Waals surface area contributed by atoms with Crippen molar-refractivity contribution in [2.75, 3.05) is 5.32 Å². The quantitative estimate of drug-likeness (QED) is 0.485. The number of aromatic nitrogens is 3. The van der Waals surface area contributed by atoms with E-state index in [0.717, 1.165) is 17.3 Å². The molecule has 2 aliphatic carbocycles. The molecule has 4 rings (SSSR count). The van der Waals surface area contributed by atoms with Crippen LogP contribution in [0.15, 0.2) is 66.4 Å². The zero-order valence-electron chi connectivity index (χ0n) is 21.3. The lowest BCUT2D eigenvalue weighted by Crippen LogP contribution is -2.30. The first-order chi connectivity index (χ1) is 16.9. The standard InChI is InChI=1S/C28H34F3N5/c1-17-9-6-7-11-22(17)19(3)34-23-15-20(12-14-33-23)24-25(35-26(18(2)32)36(24)5)27(4)13-8-10-21(16-27)28(29,30)31/h6-15,17-19,22H,16,32H2,1-5H3,(H,33,34)/t17?,18-,19+,22?,27?/m1/s1. The molecule has 2 aliphatic rings. The van der Waals surface area contributed by atoms with Gasteiger partial charge in [-0.1, -0.05) is 56.4 Å². The highest BCUT2D eigenvalue weighted by atomic mass is 19.4. The van der Waals surface area contributed by atoms with Crippen molar-refractivity contribution in [3.8, 4) is 11.3 Å². The third-order valence-corrected chi connectivity index (χ3v) is 7.21. The molecule has 2 aromatic rings. The van der Waals surface area contributed by atoms with E-state index in [-0.39, 0.29) is 18.5 Å². The van der Waals surface area contributed by atoms with Crippen molar-refractivity contribution in [3.63, 3.8) is 0 Å². The smallest absolute Gasteiger partial charge is 0.367 e. The fourth-order valence-electron chi connectivity index (χ4n) is 5.24. The number of hydrogen-bond donors (Lipinski definition) is 2. The second-order valence-corrected chi connectivity index (χ2v) is 10.2. The summed E-state index contributed by atoms with van der Waals surface area (Å²) in [5.41, 5.74) is 6.83. The van der Waals surface area contributed by atoms with Crippen molar-refractivity contribution < 1.29 is 13.2 Å². The molecule has 3 unspecified atom stereocenters. The van der Waals surface area contributed by atoms with Crippen LogP contribution in [0.5, 0.6) is 0 Å². The molecule has 0 amide bonds. The van der Waals surface area contributed by atoms with Crippen LogP contribution in [0.1, 0.15) is 51.7 Å². The first kappa shape index (κ1) is 25.9. The van der Waals surface area contributed by atoms with Gasteiger partial charge < -0.3 is 15.6 Å². The third kappa shape index (κ3) is 5.05. The van der Waals surface area contributed by atoms with E-state index in [1.165, 1.54) is 6.08 Å². The maximum atomic E-state index is 13.6. The number of allylic oxidation sites excluding steroid dienone is 7. The molecule has 8 heteroatoms. The van der Waals surface area contributed by atoms with Crippen LogP contribution in [0.3, 0.4) is 0 Å². The Morgan fingerprint density at radius 1 is 1.19 bits per heavy atom. The number of imidazole rings is 1. The monoisotopic (exact) mass is 497 g/mol. The number of anilines is 1. The fraction of sp³-hybridized carbons (Fsp3) is 0.429. The molecule has 0 radical (unpaired) electrons. The Morgan fingerprint density at radius 2 is 1.92 bits per heavy atom. The van der Waals surface area contributed by atoms with Crippen LogP contribution in [0.25, 0.3) is 11.3 Å². The molecule has 0 saturated heterocycles. The summed E-state index contributed by atoms with van der Waals surface area (Å²) in [4.78, 5) is 9.33. The normalized spacial score (nSPS) is 25.5. The zero-order chi connectivity index (χ0) is 26.3. The van der Waals surface area contributed by atoms with Gasteiger partial charge in [-0.2, -0.15) is 13.2 Å². The number of alkyl halides is 3. The Labute approximate surface area is 210 Å². The van der Waals surface area contributed by atoms with Crippen LogP contribution in [-0.4, -0.2) is 26.8 Å². The van der Waals surface area contributed by atoms with Crippen molar-refractivity contribution >= 4 is 5.82 Å². The number of pyridine rings is 1. The molecule has 0 aromatic carbocycles. The van der Waals surface area contributed by atoms with Crippen molar-refractivity contribution in [1.29, 1.82) is 0 Å². The van der Waals surface area contributed by atoms with Gasteiger partial charge in [0.05, 0.1) is 17.4 Å². The summed E-state index contributed by atoms with van der Waals surface area (Å²) in [6, 6.07) is 3.55. The zero-order valence-corrected chi connectivity index (χ0v) is 21.3. The van der Waals surface area contributed by atoms with Gasteiger partial charge in [-0.25, -0.2) is 9.97 Å². The molecule has 0 aliphatic heterocycles. The molecule has 5 nitrogen and oxygen atoms in total. The number of hydrogen-bond acceptors (Lipinski definition) is 4. The van der Waals surface area contributed by atoms with Crippen LogP contribution in [-0.2, 0) is 12.5 Å². The van der Waals surface area contributed by atoms with Crippen LogP contribution in [0, 0.1) is 11.8 Å². The van der Waals surface area contributed by atoms with Gasteiger partial charge in [0, 0.05) is 41.8 Å². The lowest BCUT2D eigenvalue weighted by Gasteiger charge is -2.30. The first-order valence-electron chi connectivity index (χ1n) is 12.3. The average molecular weight is 498 g/mol. The van der Waals surface area contributed by atoms with Gasteiger partial charge in [0.25, 0.3) is 0 Å². The van der Waals surface area contributed by atoms with E-state index in [0.29, 0.717) is 29.2 Å². The van der Waals surface area contributed by atoms with Gasteiger partial charge >= 0.3 is 6.18 Å². The van der Waals surface area contributed by atoms with Gasteiger partial charge in [-0.15, -0.1) is 0 Å². The molecule has 5 atom stereocenters. The largest absolute Gasteiger partial charge is 0.412 e. The van der Waals surface area contributed by atoms with Gasteiger partial charge in [0.1, 0.15) is 11.6 Å². The minimum absolute atomic E-state index is 0.132. The molecule has 0 bridgehead atoms. The second-order valence-electron chi connectivity index (χ2n) is 10.2. The van der Waals surface area contributed by atoms with Crippen LogP contribution in [0.2, 0.25) is 0 Å². The van der Waals surface area contributed by atoms with E-state index in [1.807, 2.05) is 30.7 Å². The highest BCUT2D eigenvalue weighted by Crippen LogP contribution is 2.44. The minimum Gasteiger partial charge on any atom is -0.367 e. The average Bonchev–Trinajstić information content (AvgIpc) is 3.17. The minimum atomic E-state index is -4.39. The predicted molar refractivity (Wildman–Crippen MR) is 138 cm³/mol. The highest BCUT2D eigenvalue weighted by Gasteiger charge is 2.42. The second kappa shape index (κ2) is 9.73. The van der Waals surface area contributed by atoms with Crippen LogP contribution >= 0.6 is 0 Å². The summed E-state index contributed by atoms with van der Waals surface area (Å²) in [6.07, 6.45) is 10.1. The molecule has 0 fully saturated rings.